The van der Waals surface area contributed by atoms with Gasteiger partial charge in [0.15, 0.2) is 0 Å². The number of hydrogen-bond donors (Lipinski definition) is 3. The summed E-state index contributed by atoms with van der Waals surface area (Å²) in [5.41, 5.74) is 10.4. The van der Waals surface area contributed by atoms with Gasteiger partial charge in [0.1, 0.15) is 5.75 Å². The van der Waals surface area contributed by atoms with Crippen LogP contribution in [0.2, 0.25) is 0 Å². The molecule has 90 valence electrons. The predicted octanol–water partition coefficient (Wildman–Crippen LogP) is 0.854. The van der Waals surface area contributed by atoms with Gasteiger partial charge in [0.25, 0.3) is 0 Å². The lowest BCUT2D eigenvalue weighted by Crippen LogP contribution is -2.26. The highest BCUT2D eigenvalue weighted by molar-refractivity contribution is 7.86. The van der Waals surface area contributed by atoms with Crippen LogP contribution in [0, 0.1) is 0 Å². The Labute approximate surface area is 93.9 Å². The summed E-state index contributed by atoms with van der Waals surface area (Å²) in [5.74, 6) is 0.179. The van der Waals surface area contributed by atoms with E-state index in [2.05, 4.69) is 0 Å². The maximum Gasteiger partial charge on any atom is 0.303 e. The molecule has 5 N–H and O–H groups in total. The quantitative estimate of drug-likeness (QED) is 0.536. The molecule has 1 unspecified atom stereocenters. The Morgan fingerprint density at radius 2 is 2.06 bits per heavy atom. The van der Waals surface area contributed by atoms with Crippen LogP contribution in [0.3, 0.4) is 0 Å². The fraction of sp³-hybridized carbons (Fsp3) is 0.333. The summed E-state index contributed by atoms with van der Waals surface area (Å²) in [7, 11) is -4.25. The van der Waals surface area contributed by atoms with E-state index < -0.39 is 15.6 Å². The Kier molecular flexibility index (Phi) is 3.61. The number of ether oxygens (including phenoxy) is 1. The molecule has 0 aromatic heterocycles. The van der Waals surface area contributed by atoms with Crippen molar-refractivity contribution >= 4 is 21.5 Å². The first-order chi connectivity index (χ1) is 7.34. The maximum absolute atomic E-state index is 10.9. The lowest BCUT2D eigenvalue weighted by molar-refractivity contribution is 0.254. The molecule has 1 rings (SSSR count). The van der Waals surface area contributed by atoms with E-state index >= 15 is 0 Å². The molecule has 0 bridgehead atoms. The zero-order valence-electron chi connectivity index (χ0n) is 8.75. The van der Waals surface area contributed by atoms with Gasteiger partial charge in [-0.15, -0.1) is 0 Å². The Hall–Kier alpha value is -1.47. The van der Waals surface area contributed by atoms with E-state index in [-0.39, 0.29) is 17.9 Å². The van der Waals surface area contributed by atoms with Gasteiger partial charge in [0.05, 0.1) is 5.69 Å². The number of nitrogen functional groups attached to an aromatic ring is 2. The summed E-state index contributed by atoms with van der Waals surface area (Å²) < 4.78 is 35.8. The van der Waals surface area contributed by atoms with Crippen molar-refractivity contribution in [3.05, 3.63) is 18.2 Å². The molecule has 1 aromatic carbocycles. The SMILES string of the molecule is CCC(Oc1ccc(N)cc1N)S(=O)(=O)O. The number of nitrogens with two attached hydrogens (primary N) is 2. The smallest absolute Gasteiger partial charge is 0.303 e. The van der Waals surface area contributed by atoms with Gasteiger partial charge in [-0.2, -0.15) is 8.42 Å². The first-order valence-corrected chi connectivity index (χ1v) is 6.13. The number of rotatable bonds is 4. The van der Waals surface area contributed by atoms with Crippen LogP contribution in [0.1, 0.15) is 13.3 Å². The van der Waals surface area contributed by atoms with E-state index in [9.17, 15) is 8.42 Å². The summed E-state index contributed by atoms with van der Waals surface area (Å²) in [5, 5.41) is 0. The van der Waals surface area contributed by atoms with Gasteiger partial charge in [0.2, 0.25) is 5.44 Å². The van der Waals surface area contributed by atoms with Gasteiger partial charge in [-0.1, -0.05) is 6.92 Å². The third kappa shape index (κ3) is 3.01. The van der Waals surface area contributed by atoms with Crippen LogP contribution in [-0.4, -0.2) is 18.4 Å². The summed E-state index contributed by atoms with van der Waals surface area (Å²) in [6, 6.07) is 4.44. The van der Waals surface area contributed by atoms with Crippen LogP contribution < -0.4 is 16.2 Å². The summed E-state index contributed by atoms with van der Waals surface area (Å²) in [4.78, 5) is 0. The van der Waals surface area contributed by atoms with Crippen molar-refractivity contribution in [1.29, 1.82) is 0 Å². The van der Waals surface area contributed by atoms with Crippen molar-refractivity contribution in [2.75, 3.05) is 11.5 Å². The zero-order chi connectivity index (χ0) is 12.3. The highest BCUT2D eigenvalue weighted by Gasteiger charge is 2.23. The molecular formula is C9H14N2O4S. The molecule has 0 aliphatic rings. The van der Waals surface area contributed by atoms with Crippen molar-refractivity contribution in [2.45, 2.75) is 18.8 Å². The van der Waals surface area contributed by atoms with E-state index in [1.54, 1.807) is 6.92 Å². The molecule has 0 saturated heterocycles. The molecule has 0 aliphatic heterocycles. The van der Waals surface area contributed by atoms with Crippen molar-refractivity contribution < 1.29 is 17.7 Å². The van der Waals surface area contributed by atoms with E-state index in [0.717, 1.165) is 0 Å². The largest absolute Gasteiger partial charge is 0.470 e. The van der Waals surface area contributed by atoms with Crippen molar-refractivity contribution in [3.63, 3.8) is 0 Å². The number of benzene rings is 1. The van der Waals surface area contributed by atoms with Gasteiger partial charge in [0, 0.05) is 5.69 Å². The van der Waals surface area contributed by atoms with Gasteiger partial charge in [-0.05, 0) is 24.6 Å². The number of hydrogen-bond acceptors (Lipinski definition) is 5. The second kappa shape index (κ2) is 4.58. The Balaban J connectivity index is 2.95. The Bertz CT molecular complexity index is 472. The first kappa shape index (κ1) is 12.6. The first-order valence-electron chi connectivity index (χ1n) is 4.62. The monoisotopic (exact) mass is 246 g/mol. The molecule has 0 radical (unpaired) electrons. The lowest BCUT2D eigenvalue weighted by atomic mass is 10.2. The third-order valence-corrected chi connectivity index (χ3v) is 3.05. The van der Waals surface area contributed by atoms with E-state index in [0.29, 0.717) is 5.69 Å². The Morgan fingerprint density at radius 1 is 1.44 bits per heavy atom. The third-order valence-electron chi connectivity index (χ3n) is 1.96. The molecule has 0 amide bonds. The fourth-order valence-corrected chi connectivity index (χ4v) is 1.82. The van der Waals surface area contributed by atoms with Gasteiger partial charge in [-0.25, -0.2) is 0 Å². The van der Waals surface area contributed by atoms with Crippen LogP contribution in [-0.2, 0) is 10.1 Å². The van der Waals surface area contributed by atoms with Crippen LogP contribution >= 0.6 is 0 Å². The topological polar surface area (TPSA) is 116 Å². The van der Waals surface area contributed by atoms with Crippen molar-refractivity contribution in [2.24, 2.45) is 0 Å². The number of anilines is 2. The minimum atomic E-state index is -4.25. The molecule has 6 nitrogen and oxygen atoms in total. The van der Waals surface area contributed by atoms with Gasteiger partial charge >= 0.3 is 10.1 Å². The summed E-state index contributed by atoms with van der Waals surface area (Å²) >= 11 is 0. The molecule has 0 heterocycles. The van der Waals surface area contributed by atoms with E-state index in [1.165, 1.54) is 18.2 Å². The molecule has 16 heavy (non-hydrogen) atoms. The van der Waals surface area contributed by atoms with Crippen molar-refractivity contribution in [1.82, 2.24) is 0 Å². The predicted molar refractivity (Wildman–Crippen MR) is 61.5 cm³/mol. The normalized spacial score (nSPS) is 13.4. The molecule has 0 spiro atoms. The van der Waals surface area contributed by atoms with Crippen LogP contribution in [0.15, 0.2) is 18.2 Å². The molecule has 7 heteroatoms. The summed E-state index contributed by atoms with van der Waals surface area (Å²) in [6.45, 7) is 1.58. The van der Waals surface area contributed by atoms with Crippen LogP contribution in [0.25, 0.3) is 0 Å². The standard InChI is InChI=1S/C9H14N2O4S/c1-2-9(16(12,13)14)15-8-4-3-6(10)5-7(8)11/h3-5,9H,2,10-11H2,1H3,(H,12,13,14). The second-order valence-corrected chi connectivity index (χ2v) is 4.82. The molecule has 0 fully saturated rings. The highest BCUT2D eigenvalue weighted by Crippen LogP contribution is 2.26. The minimum Gasteiger partial charge on any atom is -0.470 e. The fourth-order valence-electron chi connectivity index (χ4n) is 1.17. The summed E-state index contributed by atoms with van der Waals surface area (Å²) in [6.07, 6.45) is 0.114. The molecule has 1 aromatic rings. The zero-order valence-corrected chi connectivity index (χ0v) is 9.57. The average Bonchev–Trinajstić information content (AvgIpc) is 2.14. The van der Waals surface area contributed by atoms with E-state index in [4.69, 9.17) is 20.8 Å². The van der Waals surface area contributed by atoms with Crippen molar-refractivity contribution in [3.8, 4) is 5.75 Å². The maximum atomic E-state index is 10.9. The Morgan fingerprint density at radius 3 is 2.50 bits per heavy atom. The average molecular weight is 246 g/mol. The molecule has 0 aliphatic carbocycles. The van der Waals surface area contributed by atoms with Crippen LogP contribution in [0.5, 0.6) is 5.75 Å². The molecule has 0 saturated carbocycles. The lowest BCUT2D eigenvalue weighted by Gasteiger charge is -2.16. The highest BCUT2D eigenvalue weighted by atomic mass is 32.2. The van der Waals surface area contributed by atoms with Gasteiger partial charge < -0.3 is 16.2 Å². The van der Waals surface area contributed by atoms with E-state index in [1.807, 2.05) is 0 Å². The molecule has 1 atom stereocenters. The van der Waals surface area contributed by atoms with Crippen LogP contribution in [0.4, 0.5) is 11.4 Å². The molecular weight excluding hydrogens is 232 g/mol. The minimum absolute atomic E-state index is 0.114. The van der Waals surface area contributed by atoms with Gasteiger partial charge in [-0.3, -0.25) is 4.55 Å². The second-order valence-electron chi connectivity index (χ2n) is 3.27.